The highest BCUT2D eigenvalue weighted by Crippen LogP contribution is 2.27. The summed E-state index contributed by atoms with van der Waals surface area (Å²) in [6.45, 7) is -0.0489. The first-order chi connectivity index (χ1) is 17.9. The molecule has 0 aliphatic rings. The van der Waals surface area contributed by atoms with Crippen LogP contribution in [0.25, 0.3) is 11.1 Å². The van der Waals surface area contributed by atoms with E-state index in [9.17, 15) is 14.0 Å². The number of ether oxygens (including phenoxy) is 1. The van der Waals surface area contributed by atoms with Gasteiger partial charge in [0.25, 0.3) is 5.91 Å². The lowest BCUT2D eigenvalue weighted by Crippen LogP contribution is -2.42. The van der Waals surface area contributed by atoms with Gasteiger partial charge < -0.3 is 25.6 Å². The van der Waals surface area contributed by atoms with Gasteiger partial charge in [0.05, 0.1) is 12.1 Å². The number of rotatable bonds is 14. The SMILES string of the molecule is O=C(N[C@H](Cc1ccc(-c2cc(Cl)ccc2F)cc1)C[C@@H](CNCCCO)C(=O)OCO)c1cn[nH]n1. The van der Waals surface area contributed by atoms with Crippen LogP contribution in [-0.2, 0) is 16.0 Å². The summed E-state index contributed by atoms with van der Waals surface area (Å²) in [5.74, 6) is -2.17. The Hall–Kier alpha value is -3.38. The number of aliphatic hydroxyl groups is 2. The number of esters is 1. The van der Waals surface area contributed by atoms with Crippen LogP contribution in [0.3, 0.4) is 0 Å². The van der Waals surface area contributed by atoms with Crippen molar-refractivity contribution in [2.45, 2.75) is 25.3 Å². The molecule has 0 aliphatic heterocycles. The van der Waals surface area contributed by atoms with E-state index in [4.69, 9.17) is 26.6 Å². The largest absolute Gasteiger partial charge is 0.438 e. The van der Waals surface area contributed by atoms with Gasteiger partial charge in [0.15, 0.2) is 12.5 Å². The minimum absolute atomic E-state index is 0.00418. The number of H-pyrrole nitrogens is 1. The number of carbonyl (C=O) groups excluding carboxylic acids is 2. The molecule has 0 saturated heterocycles. The molecule has 2 atom stereocenters. The summed E-state index contributed by atoms with van der Waals surface area (Å²) in [7, 11) is 0. The average Bonchev–Trinajstić information content (AvgIpc) is 3.43. The van der Waals surface area contributed by atoms with Crippen molar-refractivity contribution >= 4 is 23.5 Å². The minimum atomic E-state index is -0.760. The predicted octanol–water partition coefficient (Wildman–Crippen LogP) is 2.08. The molecule has 3 aromatic rings. The molecular formula is C25H29ClFN5O5. The quantitative estimate of drug-likeness (QED) is 0.120. The van der Waals surface area contributed by atoms with Crippen LogP contribution in [0.1, 0.15) is 28.9 Å². The topological polar surface area (TPSA) is 149 Å². The molecule has 1 heterocycles. The van der Waals surface area contributed by atoms with Crippen LogP contribution in [0.15, 0.2) is 48.7 Å². The first-order valence-corrected chi connectivity index (χ1v) is 12.1. The summed E-state index contributed by atoms with van der Waals surface area (Å²) in [4.78, 5) is 25.2. The zero-order chi connectivity index (χ0) is 26.6. The Kier molecular flexibility index (Phi) is 11.0. The highest BCUT2D eigenvalue weighted by Gasteiger charge is 2.26. The summed E-state index contributed by atoms with van der Waals surface area (Å²) in [5, 5.41) is 34.3. The molecule has 198 valence electrons. The summed E-state index contributed by atoms with van der Waals surface area (Å²) in [6.07, 6.45) is 2.34. The zero-order valence-electron chi connectivity index (χ0n) is 20.0. The Labute approximate surface area is 218 Å². The number of hydrogen-bond acceptors (Lipinski definition) is 8. The van der Waals surface area contributed by atoms with Crippen molar-refractivity contribution < 1.29 is 28.9 Å². The molecule has 10 nitrogen and oxygen atoms in total. The van der Waals surface area contributed by atoms with Gasteiger partial charge in [0, 0.05) is 29.8 Å². The van der Waals surface area contributed by atoms with Gasteiger partial charge in [0.2, 0.25) is 0 Å². The number of aromatic nitrogens is 3. The van der Waals surface area contributed by atoms with E-state index >= 15 is 0 Å². The number of halogens is 2. The summed E-state index contributed by atoms with van der Waals surface area (Å²) in [6, 6.07) is 11.0. The molecule has 3 rings (SSSR count). The highest BCUT2D eigenvalue weighted by atomic mass is 35.5. The van der Waals surface area contributed by atoms with Crippen molar-refractivity contribution in [2.75, 3.05) is 26.5 Å². The van der Waals surface area contributed by atoms with E-state index in [0.717, 1.165) is 5.56 Å². The number of carbonyl (C=O) groups is 2. The second-order valence-electron chi connectivity index (χ2n) is 8.36. The molecule has 12 heteroatoms. The Bertz CT molecular complexity index is 1150. The lowest BCUT2D eigenvalue weighted by atomic mass is 9.93. The second kappa shape index (κ2) is 14.4. The first-order valence-electron chi connectivity index (χ1n) is 11.7. The highest BCUT2D eigenvalue weighted by molar-refractivity contribution is 6.30. The third kappa shape index (κ3) is 8.60. The number of aromatic amines is 1. The van der Waals surface area contributed by atoms with Gasteiger partial charge in [-0.3, -0.25) is 9.59 Å². The molecule has 0 fully saturated rings. The molecule has 0 saturated carbocycles. The van der Waals surface area contributed by atoms with Crippen LogP contribution in [0.5, 0.6) is 0 Å². The predicted molar refractivity (Wildman–Crippen MR) is 134 cm³/mol. The molecule has 5 N–H and O–H groups in total. The van der Waals surface area contributed by atoms with Crippen molar-refractivity contribution in [2.24, 2.45) is 5.92 Å². The summed E-state index contributed by atoms with van der Waals surface area (Å²) >= 11 is 6.02. The molecule has 0 unspecified atom stereocenters. The van der Waals surface area contributed by atoms with E-state index in [2.05, 4.69) is 26.0 Å². The fourth-order valence-electron chi connectivity index (χ4n) is 3.86. The van der Waals surface area contributed by atoms with Gasteiger partial charge in [-0.2, -0.15) is 15.4 Å². The molecule has 1 amide bonds. The Morgan fingerprint density at radius 1 is 1.16 bits per heavy atom. The number of amides is 1. The van der Waals surface area contributed by atoms with Crippen molar-refractivity contribution in [1.29, 1.82) is 0 Å². The van der Waals surface area contributed by atoms with Gasteiger partial charge in [-0.15, -0.1) is 0 Å². The maximum Gasteiger partial charge on any atom is 0.312 e. The van der Waals surface area contributed by atoms with Gasteiger partial charge >= 0.3 is 5.97 Å². The summed E-state index contributed by atoms with van der Waals surface area (Å²) in [5.41, 5.74) is 1.94. The van der Waals surface area contributed by atoms with E-state index in [1.807, 2.05) is 12.1 Å². The van der Waals surface area contributed by atoms with Crippen LogP contribution >= 0.6 is 11.6 Å². The van der Waals surface area contributed by atoms with Crippen molar-refractivity contribution in [1.82, 2.24) is 26.0 Å². The van der Waals surface area contributed by atoms with Gasteiger partial charge in [-0.25, -0.2) is 4.39 Å². The fraction of sp³-hybridized carbons (Fsp3) is 0.360. The smallest absolute Gasteiger partial charge is 0.312 e. The Morgan fingerprint density at radius 3 is 2.62 bits per heavy atom. The second-order valence-corrected chi connectivity index (χ2v) is 8.79. The number of nitrogens with one attached hydrogen (secondary N) is 3. The molecule has 2 aromatic carbocycles. The molecule has 1 aromatic heterocycles. The lowest BCUT2D eigenvalue weighted by molar-refractivity contribution is -0.157. The van der Waals surface area contributed by atoms with E-state index in [0.29, 0.717) is 35.5 Å². The number of nitrogens with zero attached hydrogens (tertiary/aromatic N) is 2. The van der Waals surface area contributed by atoms with E-state index in [-0.39, 0.29) is 25.3 Å². The first kappa shape index (κ1) is 28.2. The zero-order valence-corrected chi connectivity index (χ0v) is 20.7. The fourth-order valence-corrected chi connectivity index (χ4v) is 4.03. The Balaban J connectivity index is 1.78. The molecule has 37 heavy (non-hydrogen) atoms. The third-order valence-corrected chi connectivity index (χ3v) is 5.91. The summed E-state index contributed by atoms with van der Waals surface area (Å²) < 4.78 is 19.1. The third-order valence-electron chi connectivity index (χ3n) is 5.67. The number of aliphatic hydroxyl groups excluding tert-OH is 2. The van der Waals surface area contributed by atoms with Gasteiger partial charge in [-0.05, 0) is 55.1 Å². The van der Waals surface area contributed by atoms with E-state index < -0.39 is 36.4 Å². The normalized spacial score (nSPS) is 12.6. The van der Waals surface area contributed by atoms with Crippen LogP contribution in [0.2, 0.25) is 5.02 Å². The van der Waals surface area contributed by atoms with Crippen LogP contribution in [0.4, 0.5) is 4.39 Å². The van der Waals surface area contributed by atoms with Crippen LogP contribution < -0.4 is 10.6 Å². The Morgan fingerprint density at radius 2 is 1.95 bits per heavy atom. The number of benzene rings is 2. The van der Waals surface area contributed by atoms with Crippen molar-refractivity contribution in [3.63, 3.8) is 0 Å². The maximum atomic E-state index is 14.3. The number of hydrogen-bond donors (Lipinski definition) is 5. The van der Waals surface area contributed by atoms with E-state index in [1.165, 1.54) is 18.3 Å². The van der Waals surface area contributed by atoms with Crippen LogP contribution in [0, 0.1) is 11.7 Å². The van der Waals surface area contributed by atoms with Crippen LogP contribution in [-0.4, -0.2) is 70.0 Å². The molecule has 0 bridgehead atoms. The molecule has 0 radical (unpaired) electrons. The van der Waals surface area contributed by atoms with Gasteiger partial charge in [-0.1, -0.05) is 35.9 Å². The standard InChI is InChI=1S/C25H29ClFN5O5/c26-19-6-7-22(27)21(12-19)17-4-2-16(3-5-17)10-20(30-24(35)23-14-29-32-31-23)11-18(25(36)37-15-34)13-28-8-1-9-33/h2-7,12,14,18,20,28,33-34H,1,8-11,13,15H2,(H,30,35)(H,29,31,32)/t18-,20+/m0/s1. The van der Waals surface area contributed by atoms with Crippen molar-refractivity contribution in [3.8, 4) is 11.1 Å². The van der Waals surface area contributed by atoms with E-state index in [1.54, 1.807) is 18.2 Å². The minimum Gasteiger partial charge on any atom is -0.438 e. The maximum absolute atomic E-state index is 14.3. The average molecular weight is 534 g/mol. The van der Waals surface area contributed by atoms with Crippen molar-refractivity contribution in [3.05, 3.63) is 70.8 Å². The molecule has 0 spiro atoms. The lowest BCUT2D eigenvalue weighted by Gasteiger charge is -2.24. The molecule has 0 aliphatic carbocycles. The monoisotopic (exact) mass is 533 g/mol. The van der Waals surface area contributed by atoms with Gasteiger partial charge in [0.1, 0.15) is 5.82 Å². The molecular weight excluding hydrogens is 505 g/mol.